The van der Waals surface area contributed by atoms with E-state index >= 15 is 0 Å². The second-order valence-electron chi connectivity index (χ2n) is 6.33. The zero-order chi connectivity index (χ0) is 14.1. The van der Waals surface area contributed by atoms with Crippen molar-refractivity contribution in [3.8, 4) is 0 Å². The molecule has 4 heteroatoms. The third-order valence-corrected chi connectivity index (χ3v) is 6.02. The van der Waals surface area contributed by atoms with Gasteiger partial charge in [-0.1, -0.05) is 26.7 Å². The smallest absolute Gasteiger partial charge is 0.139 e. The van der Waals surface area contributed by atoms with E-state index in [1.807, 2.05) is 0 Å². The van der Waals surface area contributed by atoms with Gasteiger partial charge in [0.2, 0.25) is 0 Å². The number of aromatic nitrogens is 2. The predicted molar refractivity (Wildman–Crippen MR) is 87.4 cm³/mol. The fourth-order valence-corrected chi connectivity index (χ4v) is 4.73. The molecule has 0 aromatic carbocycles. The fourth-order valence-electron chi connectivity index (χ4n) is 4.00. The van der Waals surface area contributed by atoms with Crippen LogP contribution in [0.2, 0.25) is 0 Å². The van der Waals surface area contributed by atoms with Crippen molar-refractivity contribution in [2.24, 2.45) is 5.92 Å². The van der Waals surface area contributed by atoms with E-state index in [9.17, 15) is 0 Å². The first-order chi connectivity index (χ1) is 9.76. The molecule has 0 bridgehead atoms. The lowest BCUT2D eigenvalue weighted by molar-refractivity contribution is 0.288. The Morgan fingerprint density at radius 3 is 2.60 bits per heavy atom. The monoisotopic (exact) mass is 339 g/mol. The van der Waals surface area contributed by atoms with Gasteiger partial charge in [0, 0.05) is 12.5 Å². The van der Waals surface area contributed by atoms with Gasteiger partial charge in [0.15, 0.2) is 0 Å². The molecule has 1 aromatic rings. The molecule has 112 valence electrons. The minimum Gasteiger partial charge on any atom is -0.369 e. The second kappa shape index (κ2) is 6.08. The van der Waals surface area contributed by atoms with Crippen LogP contribution in [0.5, 0.6) is 0 Å². The molecule has 0 saturated heterocycles. The van der Waals surface area contributed by atoms with Crippen LogP contribution < -0.4 is 5.32 Å². The van der Waals surface area contributed by atoms with Crippen LogP contribution in [0.4, 0.5) is 5.82 Å². The zero-order valence-electron chi connectivity index (χ0n) is 12.7. The molecule has 1 aromatic heterocycles. The van der Waals surface area contributed by atoms with Gasteiger partial charge < -0.3 is 5.32 Å². The highest BCUT2D eigenvalue weighted by atomic mass is 79.9. The quantitative estimate of drug-likeness (QED) is 0.827. The lowest BCUT2D eigenvalue weighted by Crippen LogP contribution is -2.28. The Kier molecular flexibility index (Phi) is 4.39. The van der Waals surface area contributed by atoms with Crippen LogP contribution in [0.3, 0.4) is 0 Å². The summed E-state index contributed by atoms with van der Waals surface area (Å²) >= 11 is 3.81. The summed E-state index contributed by atoms with van der Waals surface area (Å²) in [5.74, 6) is 2.65. The Morgan fingerprint density at radius 1 is 1.25 bits per heavy atom. The van der Waals surface area contributed by atoms with Gasteiger partial charge in [0.25, 0.3) is 0 Å². The number of fused-ring (bicyclic) bond motifs is 1. The van der Waals surface area contributed by atoms with Crippen molar-refractivity contribution >= 4 is 21.7 Å². The molecule has 3 nitrogen and oxygen atoms in total. The topological polar surface area (TPSA) is 29.9 Å². The van der Waals surface area contributed by atoms with Gasteiger partial charge in [-0.05, 0) is 54.0 Å². The molecular weight excluding hydrogens is 314 g/mol. The van der Waals surface area contributed by atoms with Gasteiger partial charge in [-0.25, -0.2) is 4.68 Å². The Labute approximate surface area is 130 Å². The van der Waals surface area contributed by atoms with E-state index in [0.29, 0.717) is 12.0 Å². The first-order valence-corrected chi connectivity index (χ1v) is 9.07. The highest BCUT2D eigenvalue weighted by Gasteiger charge is 2.33. The standard InChI is InChI=1S/C16H26BrN3/c1-3-11(4-2)15-14(17)16-18-10-9-13(20(16)19-15)12-7-5-6-8-12/h11-13,18H,3-10H2,1-2H3. The number of nitrogens with zero attached hydrogens (tertiary/aromatic N) is 2. The molecule has 3 rings (SSSR count). The molecule has 1 aliphatic carbocycles. The second-order valence-corrected chi connectivity index (χ2v) is 7.13. The third-order valence-electron chi connectivity index (χ3n) is 5.24. The molecule has 0 radical (unpaired) electrons. The number of nitrogens with one attached hydrogen (secondary N) is 1. The first kappa shape index (κ1) is 14.4. The van der Waals surface area contributed by atoms with Crippen molar-refractivity contribution in [1.82, 2.24) is 9.78 Å². The van der Waals surface area contributed by atoms with E-state index in [-0.39, 0.29) is 0 Å². The van der Waals surface area contributed by atoms with Gasteiger partial charge >= 0.3 is 0 Å². The summed E-state index contributed by atoms with van der Waals surface area (Å²) < 4.78 is 3.53. The number of rotatable bonds is 4. The molecule has 2 aliphatic rings. The summed E-state index contributed by atoms with van der Waals surface area (Å²) in [6.07, 6.45) is 9.16. The molecule has 1 fully saturated rings. The Hall–Kier alpha value is -0.510. The zero-order valence-corrected chi connectivity index (χ0v) is 14.2. The van der Waals surface area contributed by atoms with Gasteiger partial charge in [-0.2, -0.15) is 5.10 Å². The molecule has 2 heterocycles. The van der Waals surface area contributed by atoms with Gasteiger partial charge in [0.1, 0.15) is 5.82 Å². The third kappa shape index (κ3) is 2.40. The van der Waals surface area contributed by atoms with Crippen LogP contribution in [0.15, 0.2) is 4.47 Å². The summed E-state index contributed by atoms with van der Waals surface area (Å²) in [5.41, 5.74) is 1.27. The molecule has 0 amide bonds. The predicted octanol–water partition coefficient (Wildman–Crippen LogP) is 5.10. The Bertz CT molecular complexity index is 459. The van der Waals surface area contributed by atoms with Crippen LogP contribution >= 0.6 is 15.9 Å². The number of anilines is 1. The van der Waals surface area contributed by atoms with E-state index < -0.39 is 0 Å². The summed E-state index contributed by atoms with van der Waals surface area (Å²) in [7, 11) is 0. The summed E-state index contributed by atoms with van der Waals surface area (Å²) in [4.78, 5) is 0. The van der Waals surface area contributed by atoms with Crippen molar-refractivity contribution in [2.45, 2.75) is 70.8 Å². The fraction of sp³-hybridized carbons (Fsp3) is 0.812. The van der Waals surface area contributed by atoms with E-state index in [1.54, 1.807) is 0 Å². The molecule has 0 spiro atoms. The lowest BCUT2D eigenvalue weighted by Gasteiger charge is -2.30. The molecule has 1 unspecified atom stereocenters. The summed E-state index contributed by atoms with van der Waals surface area (Å²) in [5, 5.41) is 8.59. The maximum absolute atomic E-state index is 5.03. The Balaban J connectivity index is 1.94. The van der Waals surface area contributed by atoms with Crippen LogP contribution in [-0.2, 0) is 0 Å². The first-order valence-electron chi connectivity index (χ1n) is 8.28. The van der Waals surface area contributed by atoms with Gasteiger partial charge in [-0.3, -0.25) is 0 Å². The highest BCUT2D eigenvalue weighted by molar-refractivity contribution is 9.10. The number of halogens is 1. The summed E-state index contributed by atoms with van der Waals surface area (Å²) in [6, 6.07) is 0.619. The average molecular weight is 340 g/mol. The molecule has 1 aliphatic heterocycles. The summed E-state index contributed by atoms with van der Waals surface area (Å²) in [6.45, 7) is 5.62. The molecule has 1 saturated carbocycles. The van der Waals surface area contributed by atoms with Crippen molar-refractivity contribution in [3.05, 3.63) is 10.2 Å². The minimum absolute atomic E-state index is 0.577. The van der Waals surface area contributed by atoms with E-state index in [0.717, 1.165) is 12.5 Å². The van der Waals surface area contributed by atoms with E-state index in [4.69, 9.17) is 5.10 Å². The largest absolute Gasteiger partial charge is 0.369 e. The van der Waals surface area contributed by atoms with Crippen LogP contribution in [-0.4, -0.2) is 16.3 Å². The molecule has 1 atom stereocenters. The number of hydrogen-bond donors (Lipinski definition) is 1. The SMILES string of the molecule is CCC(CC)c1nn2c(c1Br)NCCC2C1CCCC1. The average Bonchev–Trinajstić information content (AvgIpc) is 3.10. The maximum Gasteiger partial charge on any atom is 0.139 e. The normalized spacial score (nSPS) is 23.1. The van der Waals surface area contributed by atoms with E-state index in [1.165, 1.54) is 60.9 Å². The van der Waals surface area contributed by atoms with Gasteiger partial charge in [-0.15, -0.1) is 0 Å². The number of hydrogen-bond acceptors (Lipinski definition) is 2. The minimum atomic E-state index is 0.577. The Morgan fingerprint density at radius 2 is 1.95 bits per heavy atom. The lowest BCUT2D eigenvalue weighted by atomic mass is 9.94. The van der Waals surface area contributed by atoms with Crippen LogP contribution in [0.1, 0.15) is 76.4 Å². The van der Waals surface area contributed by atoms with E-state index in [2.05, 4.69) is 39.8 Å². The van der Waals surface area contributed by atoms with Crippen molar-refractivity contribution in [1.29, 1.82) is 0 Å². The molecule has 20 heavy (non-hydrogen) atoms. The highest BCUT2D eigenvalue weighted by Crippen LogP contribution is 2.43. The van der Waals surface area contributed by atoms with Crippen molar-refractivity contribution < 1.29 is 0 Å². The maximum atomic E-state index is 5.03. The van der Waals surface area contributed by atoms with Crippen molar-refractivity contribution in [3.63, 3.8) is 0 Å². The van der Waals surface area contributed by atoms with Crippen LogP contribution in [0.25, 0.3) is 0 Å². The molecule has 1 N–H and O–H groups in total. The van der Waals surface area contributed by atoms with Gasteiger partial charge in [0.05, 0.1) is 16.2 Å². The van der Waals surface area contributed by atoms with Crippen LogP contribution in [0, 0.1) is 5.92 Å². The van der Waals surface area contributed by atoms with Crippen molar-refractivity contribution in [2.75, 3.05) is 11.9 Å². The molecular formula is C16H26BrN3.